The Morgan fingerprint density at radius 3 is 2.57 bits per heavy atom. The zero-order valence-electron chi connectivity index (χ0n) is 4.72. The quantitative estimate of drug-likeness (QED) is 0.339. The first kappa shape index (κ1) is 7.92. The topological polar surface area (TPSA) is 0 Å². The minimum absolute atomic E-state index is 1.32. The number of unbranched alkanes of at least 4 members (excludes halogenated alkanes) is 2. The fraction of sp³-hybridized carbons (Fsp3) is 1.00. The molecule has 0 aliphatic heterocycles. The van der Waals surface area contributed by atoms with E-state index in [0.29, 0.717) is 0 Å². The maximum absolute atomic E-state index is 2.69. The average Bonchev–Trinajstić information content (AvgIpc) is 1.69. The van der Waals surface area contributed by atoms with Crippen molar-refractivity contribution in [3.8, 4) is 0 Å². The Kier molecular flexibility index (Phi) is 7.84. The molecule has 7 heavy (non-hydrogen) atoms. The second-order valence-electron chi connectivity index (χ2n) is 1.49. The standard InChI is InChI=1S/C5H11.Ni.H2P/c1-3-5-4-2;;/h1,3-5H2,2H3;;1H2/q;+1;-1. The van der Waals surface area contributed by atoms with Crippen molar-refractivity contribution in [3.63, 3.8) is 0 Å². The molecule has 0 aliphatic carbocycles. The first-order valence-electron chi connectivity index (χ1n) is 2.61. The number of hydrogen-bond donors (Lipinski definition) is 0. The van der Waals surface area contributed by atoms with Crippen molar-refractivity contribution in [2.24, 2.45) is 0 Å². The molecule has 0 spiro atoms. The summed E-state index contributed by atoms with van der Waals surface area (Å²) in [4.78, 5) is 0. The van der Waals surface area contributed by atoms with Crippen LogP contribution in [-0.2, 0) is 14.0 Å². The molecule has 0 bridgehead atoms. The Morgan fingerprint density at radius 2 is 2.14 bits per heavy atom. The van der Waals surface area contributed by atoms with E-state index in [1.54, 1.807) is 14.0 Å². The third kappa shape index (κ3) is 6.92. The molecule has 0 aromatic carbocycles. The van der Waals surface area contributed by atoms with E-state index in [2.05, 4.69) is 14.9 Å². The first-order valence-corrected chi connectivity index (χ1v) is 5.39. The molecular weight excluding hydrogens is 150 g/mol. The summed E-state index contributed by atoms with van der Waals surface area (Å²) in [5.41, 5.74) is 0. The van der Waals surface area contributed by atoms with E-state index in [4.69, 9.17) is 0 Å². The monoisotopic (exact) mass is 162 g/mol. The molecule has 0 aromatic rings. The normalized spacial score (nSPS) is 10.0. The molecule has 2 heteroatoms. The second kappa shape index (κ2) is 6.92. The number of rotatable bonds is 4. The van der Waals surface area contributed by atoms with Gasteiger partial charge in [0.25, 0.3) is 0 Å². The zero-order valence-corrected chi connectivity index (χ0v) is 6.86. The van der Waals surface area contributed by atoms with Gasteiger partial charge in [0.2, 0.25) is 0 Å². The Morgan fingerprint density at radius 1 is 1.43 bits per heavy atom. The van der Waals surface area contributed by atoms with Gasteiger partial charge in [-0.2, -0.15) is 0 Å². The number of hydrogen-bond acceptors (Lipinski definition) is 0. The predicted octanol–water partition coefficient (Wildman–Crippen LogP) is 2.47. The molecule has 0 saturated carbocycles. The molecule has 1 atom stereocenters. The average molecular weight is 163 g/mol. The molecule has 0 radical (unpaired) electrons. The van der Waals surface area contributed by atoms with Crippen LogP contribution in [0.4, 0.5) is 0 Å². The molecule has 0 saturated heterocycles. The van der Waals surface area contributed by atoms with Crippen LogP contribution in [0.15, 0.2) is 0 Å². The van der Waals surface area contributed by atoms with Gasteiger partial charge in [-0.05, 0) is 0 Å². The Balaban J connectivity index is 2.45. The van der Waals surface area contributed by atoms with Crippen molar-refractivity contribution in [2.75, 3.05) is 0 Å². The molecular formula is C5H13NiP. The Labute approximate surface area is 54.1 Å². The van der Waals surface area contributed by atoms with Crippen molar-refractivity contribution in [1.29, 1.82) is 0 Å². The van der Waals surface area contributed by atoms with Crippen LogP contribution in [0.2, 0.25) is 5.39 Å². The summed E-state index contributed by atoms with van der Waals surface area (Å²) in [6.07, 6.45) is 4.13. The Hall–Kier alpha value is 0.924. The summed E-state index contributed by atoms with van der Waals surface area (Å²) in [6.45, 7) is 2.23. The third-order valence-corrected chi connectivity index (χ3v) is 2.19. The molecule has 0 N–H and O–H groups in total. The van der Waals surface area contributed by atoms with Gasteiger partial charge in [0.15, 0.2) is 0 Å². The SMILES string of the molecule is CCCC[CH2][Ni][PH2]. The minimum atomic E-state index is 1.32. The van der Waals surface area contributed by atoms with E-state index in [9.17, 15) is 0 Å². The van der Waals surface area contributed by atoms with Crippen LogP contribution < -0.4 is 0 Å². The van der Waals surface area contributed by atoms with Crippen LogP contribution in [0, 0.1) is 0 Å². The van der Waals surface area contributed by atoms with Gasteiger partial charge in [-0.15, -0.1) is 0 Å². The van der Waals surface area contributed by atoms with Crippen molar-refractivity contribution < 1.29 is 14.0 Å². The van der Waals surface area contributed by atoms with Gasteiger partial charge in [-0.3, -0.25) is 0 Å². The van der Waals surface area contributed by atoms with Crippen LogP contribution in [0.1, 0.15) is 26.2 Å². The van der Waals surface area contributed by atoms with Gasteiger partial charge >= 0.3 is 53.6 Å². The van der Waals surface area contributed by atoms with E-state index in [-0.39, 0.29) is 0 Å². The van der Waals surface area contributed by atoms with Gasteiger partial charge in [-0.1, -0.05) is 0 Å². The summed E-state index contributed by atoms with van der Waals surface area (Å²) in [5, 5.41) is 1.32. The van der Waals surface area contributed by atoms with E-state index < -0.39 is 0 Å². The molecule has 0 aromatic heterocycles. The summed E-state index contributed by atoms with van der Waals surface area (Å²) in [5.74, 6) is 0. The van der Waals surface area contributed by atoms with Crippen LogP contribution in [0.25, 0.3) is 0 Å². The van der Waals surface area contributed by atoms with Crippen LogP contribution >= 0.6 is 8.01 Å². The summed E-state index contributed by atoms with van der Waals surface area (Å²) in [7, 11) is 2.69. The summed E-state index contributed by atoms with van der Waals surface area (Å²) >= 11 is 1.71. The Bertz CT molecular complexity index is 27.3. The van der Waals surface area contributed by atoms with Crippen molar-refractivity contribution in [3.05, 3.63) is 0 Å². The van der Waals surface area contributed by atoms with Crippen LogP contribution in [0.3, 0.4) is 0 Å². The van der Waals surface area contributed by atoms with E-state index >= 15 is 0 Å². The van der Waals surface area contributed by atoms with Gasteiger partial charge in [-0.25, -0.2) is 0 Å². The molecule has 0 aliphatic rings. The fourth-order valence-electron chi connectivity index (χ4n) is 0.394. The maximum atomic E-state index is 2.69. The second-order valence-corrected chi connectivity index (χ2v) is 3.46. The van der Waals surface area contributed by atoms with Gasteiger partial charge < -0.3 is 0 Å². The van der Waals surface area contributed by atoms with Gasteiger partial charge in [0.05, 0.1) is 0 Å². The first-order chi connectivity index (χ1) is 3.41. The van der Waals surface area contributed by atoms with Gasteiger partial charge in [0.1, 0.15) is 0 Å². The zero-order chi connectivity index (χ0) is 5.54. The summed E-state index contributed by atoms with van der Waals surface area (Å²) < 4.78 is 0. The molecule has 1 unspecified atom stereocenters. The van der Waals surface area contributed by atoms with Crippen LogP contribution in [0.5, 0.6) is 0 Å². The van der Waals surface area contributed by atoms with E-state index in [1.165, 1.54) is 24.7 Å². The fourth-order valence-corrected chi connectivity index (χ4v) is 1.37. The third-order valence-electron chi connectivity index (χ3n) is 0.807. The van der Waals surface area contributed by atoms with Gasteiger partial charge in [0, 0.05) is 0 Å². The molecule has 48 valence electrons. The van der Waals surface area contributed by atoms with E-state index in [1.807, 2.05) is 0 Å². The van der Waals surface area contributed by atoms with Crippen molar-refractivity contribution in [1.82, 2.24) is 0 Å². The summed E-state index contributed by atoms with van der Waals surface area (Å²) in [6, 6.07) is 0. The van der Waals surface area contributed by atoms with Crippen molar-refractivity contribution in [2.45, 2.75) is 31.6 Å². The molecule has 0 rings (SSSR count). The molecule has 0 fully saturated rings. The van der Waals surface area contributed by atoms with Crippen molar-refractivity contribution >= 4 is 8.01 Å². The molecule has 0 nitrogen and oxygen atoms in total. The predicted molar refractivity (Wildman–Crippen MR) is 34.0 cm³/mol. The molecule has 0 heterocycles. The van der Waals surface area contributed by atoms with E-state index in [0.717, 1.165) is 0 Å². The molecule has 0 amide bonds. The van der Waals surface area contributed by atoms with Crippen LogP contribution in [-0.4, -0.2) is 0 Å².